The Kier molecular flexibility index (Phi) is 8.04. The van der Waals surface area contributed by atoms with Crippen molar-refractivity contribution in [1.29, 1.82) is 0 Å². The number of hydrogen-bond donors (Lipinski definition) is 1. The van der Waals surface area contributed by atoms with Gasteiger partial charge in [0.05, 0.1) is 25.4 Å². The van der Waals surface area contributed by atoms with Crippen molar-refractivity contribution in [2.24, 2.45) is 0 Å². The molecule has 0 spiro atoms. The van der Waals surface area contributed by atoms with E-state index in [4.69, 9.17) is 14.2 Å². The summed E-state index contributed by atoms with van der Waals surface area (Å²) in [6.07, 6.45) is 6.40. The van der Waals surface area contributed by atoms with Crippen LogP contribution in [0.1, 0.15) is 47.3 Å². The minimum atomic E-state index is -0.298. The quantitative estimate of drug-likeness (QED) is 0.589. The molecule has 3 rings (SSSR count). The fourth-order valence-electron chi connectivity index (χ4n) is 3.70. The standard InChI is InChI=1S/C26H31NO4/c1-5-31-26(28)21-12-10-20(11-13-21)24-15-19(9-14-25(24)30-4)17-27-18(2)22-7-6-8-23(16-22)29-3/h6-16,18,24-25,27H,5,17H2,1-4H3/t18-,24?,25?/m1/s1. The molecule has 3 atom stereocenters. The fraction of sp³-hybridized carbons (Fsp3) is 0.346. The van der Waals surface area contributed by atoms with Crippen LogP contribution < -0.4 is 10.1 Å². The highest BCUT2D eigenvalue weighted by Gasteiger charge is 2.23. The highest BCUT2D eigenvalue weighted by molar-refractivity contribution is 5.89. The third-order valence-corrected chi connectivity index (χ3v) is 5.53. The van der Waals surface area contributed by atoms with Crippen molar-refractivity contribution in [3.05, 3.63) is 89.0 Å². The monoisotopic (exact) mass is 421 g/mol. The van der Waals surface area contributed by atoms with Crippen LogP contribution >= 0.6 is 0 Å². The summed E-state index contributed by atoms with van der Waals surface area (Å²) >= 11 is 0. The van der Waals surface area contributed by atoms with Crippen LogP contribution in [-0.2, 0) is 9.47 Å². The van der Waals surface area contributed by atoms with Crippen LogP contribution in [-0.4, -0.2) is 39.4 Å². The molecular formula is C26H31NO4. The van der Waals surface area contributed by atoms with Gasteiger partial charge in [-0.25, -0.2) is 4.79 Å². The van der Waals surface area contributed by atoms with Crippen molar-refractivity contribution in [2.75, 3.05) is 27.4 Å². The zero-order chi connectivity index (χ0) is 22.2. The number of hydrogen-bond acceptors (Lipinski definition) is 5. The molecular weight excluding hydrogens is 390 g/mol. The van der Waals surface area contributed by atoms with Gasteiger partial charge in [-0.1, -0.05) is 42.5 Å². The molecule has 0 bridgehead atoms. The minimum absolute atomic E-state index is 0.0481. The largest absolute Gasteiger partial charge is 0.497 e. The molecule has 2 aromatic rings. The van der Waals surface area contributed by atoms with Crippen LogP contribution in [0.5, 0.6) is 5.75 Å². The lowest BCUT2D eigenvalue weighted by molar-refractivity contribution is 0.0526. The maximum atomic E-state index is 11.9. The first-order chi connectivity index (χ1) is 15.0. The molecule has 0 amide bonds. The molecule has 1 aliphatic carbocycles. The number of carbonyl (C=O) groups is 1. The molecule has 31 heavy (non-hydrogen) atoms. The Balaban J connectivity index is 1.70. The summed E-state index contributed by atoms with van der Waals surface area (Å²) in [4.78, 5) is 11.9. The van der Waals surface area contributed by atoms with Crippen molar-refractivity contribution in [3.8, 4) is 5.75 Å². The fourth-order valence-corrected chi connectivity index (χ4v) is 3.70. The van der Waals surface area contributed by atoms with Crippen LogP contribution in [0.2, 0.25) is 0 Å². The SMILES string of the molecule is CCOC(=O)c1ccc(C2C=C(CN[C@H](C)c3cccc(OC)c3)C=CC2OC)cc1. The summed E-state index contributed by atoms with van der Waals surface area (Å²) in [6, 6.07) is 15.9. The second-order valence-corrected chi connectivity index (χ2v) is 7.55. The Hall–Kier alpha value is -2.89. The second kappa shape index (κ2) is 10.9. The first-order valence-corrected chi connectivity index (χ1v) is 10.6. The van der Waals surface area contributed by atoms with E-state index in [9.17, 15) is 4.79 Å². The van der Waals surface area contributed by atoms with E-state index in [0.717, 1.165) is 17.9 Å². The number of ether oxygens (including phenoxy) is 3. The smallest absolute Gasteiger partial charge is 0.338 e. The predicted molar refractivity (Wildman–Crippen MR) is 123 cm³/mol. The van der Waals surface area contributed by atoms with Crippen LogP contribution in [0.15, 0.2) is 72.3 Å². The molecule has 0 fully saturated rings. The number of nitrogens with one attached hydrogen (secondary N) is 1. The molecule has 0 aliphatic heterocycles. The summed E-state index contributed by atoms with van der Waals surface area (Å²) in [6.45, 7) is 5.06. The molecule has 5 heteroatoms. The van der Waals surface area contributed by atoms with E-state index in [1.807, 2.05) is 36.4 Å². The van der Waals surface area contributed by atoms with Gasteiger partial charge in [-0.2, -0.15) is 0 Å². The Morgan fingerprint density at radius 3 is 2.58 bits per heavy atom. The van der Waals surface area contributed by atoms with Crippen molar-refractivity contribution in [3.63, 3.8) is 0 Å². The van der Waals surface area contributed by atoms with E-state index < -0.39 is 0 Å². The van der Waals surface area contributed by atoms with Gasteiger partial charge in [0.15, 0.2) is 0 Å². The van der Waals surface area contributed by atoms with Gasteiger partial charge in [-0.3, -0.25) is 0 Å². The lowest BCUT2D eigenvalue weighted by atomic mass is 9.86. The molecule has 0 saturated carbocycles. The predicted octanol–water partition coefficient (Wildman–Crippen LogP) is 4.82. The van der Waals surface area contributed by atoms with Crippen molar-refractivity contribution < 1.29 is 19.0 Å². The lowest BCUT2D eigenvalue weighted by Gasteiger charge is -2.26. The average molecular weight is 422 g/mol. The Morgan fingerprint density at radius 1 is 1.13 bits per heavy atom. The number of esters is 1. The Labute approximate surface area is 184 Å². The van der Waals surface area contributed by atoms with Crippen LogP contribution in [0.25, 0.3) is 0 Å². The summed E-state index contributed by atoms with van der Waals surface area (Å²) in [5, 5.41) is 3.59. The zero-order valence-corrected chi connectivity index (χ0v) is 18.6. The summed E-state index contributed by atoms with van der Waals surface area (Å²) < 4.78 is 16.1. The van der Waals surface area contributed by atoms with Gasteiger partial charge in [-0.05, 0) is 54.8 Å². The van der Waals surface area contributed by atoms with Gasteiger partial charge in [0.2, 0.25) is 0 Å². The van der Waals surface area contributed by atoms with Crippen molar-refractivity contribution in [1.82, 2.24) is 5.32 Å². The van der Waals surface area contributed by atoms with E-state index in [1.54, 1.807) is 21.1 Å². The van der Waals surface area contributed by atoms with Gasteiger partial charge in [0, 0.05) is 25.6 Å². The first-order valence-electron chi connectivity index (χ1n) is 10.6. The highest BCUT2D eigenvalue weighted by Crippen LogP contribution is 2.30. The number of benzene rings is 2. The maximum Gasteiger partial charge on any atom is 0.338 e. The summed E-state index contributed by atoms with van der Waals surface area (Å²) in [7, 11) is 3.40. The van der Waals surface area contributed by atoms with Gasteiger partial charge < -0.3 is 19.5 Å². The van der Waals surface area contributed by atoms with Crippen LogP contribution in [0.4, 0.5) is 0 Å². The van der Waals surface area contributed by atoms with E-state index in [0.29, 0.717) is 12.2 Å². The average Bonchev–Trinajstić information content (AvgIpc) is 2.82. The van der Waals surface area contributed by atoms with E-state index >= 15 is 0 Å². The molecule has 0 aromatic heterocycles. The lowest BCUT2D eigenvalue weighted by Crippen LogP contribution is -2.25. The zero-order valence-electron chi connectivity index (χ0n) is 18.6. The number of rotatable bonds is 9. The molecule has 0 saturated heterocycles. The van der Waals surface area contributed by atoms with Gasteiger partial charge in [0.1, 0.15) is 5.75 Å². The number of carbonyl (C=O) groups excluding carboxylic acids is 1. The van der Waals surface area contributed by atoms with E-state index in [1.165, 1.54) is 11.1 Å². The maximum absolute atomic E-state index is 11.9. The van der Waals surface area contributed by atoms with Crippen molar-refractivity contribution >= 4 is 5.97 Å². The first kappa shape index (κ1) is 22.8. The molecule has 0 radical (unpaired) electrons. The molecule has 164 valence electrons. The Bertz CT molecular complexity index is 933. The van der Waals surface area contributed by atoms with Gasteiger partial charge in [0.25, 0.3) is 0 Å². The van der Waals surface area contributed by atoms with E-state index in [2.05, 4.69) is 42.6 Å². The third kappa shape index (κ3) is 5.84. The van der Waals surface area contributed by atoms with Gasteiger partial charge >= 0.3 is 5.97 Å². The highest BCUT2D eigenvalue weighted by atomic mass is 16.5. The topological polar surface area (TPSA) is 56.8 Å². The van der Waals surface area contributed by atoms with E-state index in [-0.39, 0.29) is 24.0 Å². The molecule has 0 heterocycles. The Morgan fingerprint density at radius 2 is 1.90 bits per heavy atom. The molecule has 2 aromatic carbocycles. The number of methoxy groups -OCH3 is 2. The molecule has 5 nitrogen and oxygen atoms in total. The summed E-state index contributed by atoms with van der Waals surface area (Å²) in [5.74, 6) is 0.639. The molecule has 1 N–H and O–H groups in total. The van der Waals surface area contributed by atoms with Crippen LogP contribution in [0, 0.1) is 0 Å². The van der Waals surface area contributed by atoms with Crippen molar-refractivity contribution in [2.45, 2.75) is 31.9 Å². The van der Waals surface area contributed by atoms with Gasteiger partial charge in [-0.15, -0.1) is 0 Å². The minimum Gasteiger partial charge on any atom is -0.497 e. The molecule has 2 unspecified atom stereocenters. The van der Waals surface area contributed by atoms with Crippen LogP contribution in [0.3, 0.4) is 0 Å². The molecule has 1 aliphatic rings. The third-order valence-electron chi connectivity index (χ3n) is 5.53. The summed E-state index contributed by atoms with van der Waals surface area (Å²) in [5.41, 5.74) is 4.04. The second-order valence-electron chi connectivity index (χ2n) is 7.55. The normalized spacial score (nSPS) is 18.9.